The van der Waals surface area contributed by atoms with Gasteiger partial charge in [-0.25, -0.2) is 0 Å². The topological polar surface area (TPSA) is 93.2 Å². The summed E-state index contributed by atoms with van der Waals surface area (Å²) >= 11 is 0. The summed E-state index contributed by atoms with van der Waals surface area (Å²) in [7, 11) is 0. The molecule has 0 aromatic heterocycles. The van der Waals surface area contributed by atoms with Crippen LogP contribution in [0, 0.1) is 11.3 Å². The first-order chi connectivity index (χ1) is 10.0. The zero-order valence-electron chi connectivity index (χ0n) is 12.1. The first-order valence-corrected chi connectivity index (χ1v) is 6.62. The number of nitrogens with zero attached hydrogens (tertiary/aromatic N) is 1. The Kier molecular flexibility index (Phi) is 6.15. The summed E-state index contributed by atoms with van der Waals surface area (Å²) in [4.78, 5) is 23.8. The summed E-state index contributed by atoms with van der Waals surface area (Å²) in [5, 5.41) is 8.82. The van der Waals surface area contributed by atoms with Gasteiger partial charge in [0.25, 0.3) is 0 Å². The van der Waals surface area contributed by atoms with Gasteiger partial charge >= 0.3 is 5.97 Å². The molecule has 5 nitrogen and oxygen atoms in total. The summed E-state index contributed by atoms with van der Waals surface area (Å²) in [6.45, 7) is 2.85. The molecule has 110 valence electrons. The van der Waals surface area contributed by atoms with E-state index in [0.29, 0.717) is 6.42 Å². The lowest BCUT2D eigenvalue weighted by molar-refractivity contribution is -0.148. The van der Waals surface area contributed by atoms with E-state index in [9.17, 15) is 9.59 Å². The van der Waals surface area contributed by atoms with Crippen LogP contribution in [0.1, 0.15) is 31.7 Å². The van der Waals surface area contributed by atoms with E-state index in [0.717, 1.165) is 5.56 Å². The highest BCUT2D eigenvalue weighted by Gasteiger charge is 2.22. The van der Waals surface area contributed by atoms with Crippen LogP contribution in [0.25, 0.3) is 0 Å². The monoisotopic (exact) mass is 286 g/mol. The van der Waals surface area contributed by atoms with Gasteiger partial charge in [0.1, 0.15) is 11.6 Å². The van der Waals surface area contributed by atoms with Gasteiger partial charge in [0.05, 0.1) is 5.92 Å². The minimum absolute atomic E-state index is 0.119. The molecule has 0 spiro atoms. The molecular weight excluding hydrogens is 268 g/mol. The van der Waals surface area contributed by atoms with Crippen LogP contribution in [-0.2, 0) is 14.3 Å². The van der Waals surface area contributed by atoms with Crippen molar-refractivity contribution >= 4 is 11.8 Å². The van der Waals surface area contributed by atoms with Crippen molar-refractivity contribution < 1.29 is 14.3 Å². The summed E-state index contributed by atoms with van der Waals surface area (Å²) in [5.74, 6) is -1.50. The van der Waals surface area contributed by atoms with Crippen LogP contribution in [0.3, 0.4) is 0 Å². The molecule has 0 saturated carbocycles. The van der Waals surface area contributed by atoms with Gasteiger partial charge in [0, 0.05) is 5.70 Å². The van der Waals surface area contributed by atoms with E-state index in [4.69, 9.17) is 15.7 Å². The van der Waals surface area contributed by atoms with Crippen LogP contribution in [0.2, 0.25) is 0 Å². The second kappa shape index (κ2) is 7.85. The number of benzene rings is 1. The molecule has 0 fully saturated rings. The molecule has 2 N–H and O–H groups in total. The van der Waals surface area contributed by atoms with Gasteiger partial charge in [-0.05, 0) is 18.9 Å². The van der Waals surface area contributed by atoms with E-state index < -0.39 is 24.3 Å². The number of esters is 1. The Morgan fingerprint density at radius 2 is 1.95 bits per heavy atom. The molecule has 0 radical (unpaired) electrons. The van der Waals surface area contributed by atoms with E-state index >= 15 is 0 Å². The maximum absolute atomic E-state index is 12.1. The van der Waals surface area contributed by atoms with E-state index in [1.165, 1.54) is 6.92 Å². The van der Waals surface area contributed by atoms with E-state index in [-0.39, 0.29) is 11.3 Å². The number of nitriles is 1. The predicted molar refractivity (Wildman–Crippen MR) is 77.9 cm³/mol. The van der Waals surface area contributed by atoms with Crippen molar-refractivity contribution in [2.75, 3.05) is 6.61 Å². The minimum Gasteiger partial charge on any atom is -0.457 e. The molecule has 1 rings (SSSR count). The highest BCUT2D eigenvalue weighted by molar-refractivity contribution is 6.01. The third-order valence-corrected chi connectivity index (χ3v) is 3.03. The van der Waals surface area contributed by atoms with E-state index in [2.05, 4.69) is 0 Å². The van der Waals surface area contributed by atoms with Crippen molar-refractivity contribution in [1.82, 2.24) is 0 Å². The van der Waals surface area contributed by atoms with Crippen molar-refractivity contribution in [3.8, 4) is 6.07 Å². The minimum atomic E-state index is -0.589. The Morgan fingerprint density at radius 1 is 1.33 bits per heavy atom. The standard InChI is InChI=1S/C16H18N2O3/c1-3-13(12-7-5-4-6-8-12)16(20)21-10-15(19)14(9-17)11(2)18/h4-8,13H,3,10,18H2,1-2H3/b14-11+/t13-/m0/s1. The molecule has 0 aliphatic heterocycles. The average Bonchev–Trinajstić information content (AvgIpc) is 2.47. The van der Waals surface area contributed by atoms with Crippen molar-refractivity contribution in [2.24, 2.45) is 5.73 Å². The van der Waals surface area contributed by atoms with Gasteiger partial charge in [-0.15, -0.1) is 0 Å². The Bertz CT molecular complexity index is 581. The average molecular weight is 286 g/mol. The fourth-order valence-corrected chi connectivity index (χ4v) is 1.90. The number of ketones is 1. The SMILES string of the molecule is CC[C@H](C(=O)OCC(=O)/C(C#N)=C(\C)N)c1ccccc1. The molecule has 0 aliphatic rings. The quantitative estimate of drug-likeness (QED) is 0.490. The third kappa shape index (κ3) is 4.46. The number of carbonyl (C=O) groups is 2. The van der Waals surface area contributed by atoms with Gasteiger partial charge in [-0.3, -0.25) is 9.59 Å². The molecule has 0 saturated heterocycles. The van der Waals surface area contributed by atoms with Gasteiger partial charge in [0.2, 0.25) is 5.78 Å². The van der Waals surface area contributed by atoms with Gasteiger partial charge in [-0.1, -0.05) is 37.3 Å². The Labute approximate surface area is 124 Å². The molecule has 0 amide bonds. The number of carbonyl (C=O) groups excluding carboxylic acids is 2. The van der Waals surface area contributed by atoms with Crippen LogP contribution in [0.5, 0.6) is 0 Å². The van der Waals surface area contributed by atoms with Crippen LogP contribution in [0.15, 0.2) is 41.6 Å². The first-order valence-electron chi connectivity index (χ1n) is 6.62. The maximum Gasteiger partial charge on any atom is 0.313 e. The molecule has 1 aromatic rings. The number of Topliss-reactive ketones (excluding diaryl/α,β-unsaturated/α-hetero) is 1. The van der Waals surface area contributed by atoms with E-state index in [1.54, 1.807) is 6.07 Å². The van der Waals surface area contributed by atoms with E-state index in [1.807, 2.05) is 37.3 Å². The number of rotatable bonds is 6. The van der Waals surface area contributed by atoms with Gasteiger partial charge < -0.3 is 10.5 Å². The summed E-state index contributed by atoms with van der Waals surface area (Å²) in [6, 6.07) is 10.9. The zero-order chi connectivity index (χ0) is 15.8. The fraction of sp³-hybridized carbons (Fsp3) is 0.312. The summed E-state index contributed by atoms with van der Waals surface area (Å²) in [5.41, 5.74) is 6.21. The summed E-state index contributed by atoms with van der Waals surface area (Å²) < 4.78 is 5.01. The smallest absolute Gasteiger partial charge is 0.313 e. The lowest BCUT2D eigenvalue weighted by Gasteiger charge is -2.14. The second-order valence-corrected chi connectivity index (χ2v) is 4.57. The lowest BCUT2D eigenvalue weighted by Crippen LogP contribution is -2.21. The third-order valence-electron chi connectivity index (χ3n) is 3.03. The lowest BCUT2D eigenvalue weighted by atomic mass is 9.97. The van der Waals surface area contributed by atoms with Crippen molar-refractivity contribution in [1.29, 1.82) is 5.26 Å². The molecule has 0 heterocycles. The molecule has 1 atom stereocenters. The molecule has 21 heavy (non-hydrogen) atoms. The molecule has 0 unspecified atom stereocenters. The van der Waals surface area contributed by atoms with Crippen LogP contribution in [-0.4, -0.2) is 18.4 Å². The zero-order valence-corrected chi connectivity index (χ0v) is 12.1. The Hall–Kier alpha value is -2.61. The highest BCUT2D eigenvalue weighted by atomic mass is 16.5. The highest BCUT2D eigenvalue weighted by Crippen LogP contribution is 2.20. The van der Waals surface area contributed by atoms with Gasteiger partial charge in [-0.2, -0.15) is 5.26 Å². The van der Waals surface area contributed by atoms with Crippen molar-refractivity contribution in [3.05, 3.63) is 47.2 Å². The maximum atomic E-state index is 12.1. The molecule has 5 heteroatoms. The van der Waals surface area contributed by atoms with Crippen LogP contribution >= 0.6 is 0 Å². The Morgan fingerprint density at radius 3 is 2.43 bits per heavy atom. The predicted octanol–water partition coefficient (Wildman–Crippen LogP) is 2.05. The number of hydrogen-bond donors (Lipinski definition) is 1. The number of nitrogens with two attached hydrogens (primary N) is 1. The fourth-order valence-electron chi connectivity index (χ4n) is 1.90. The molecular formula is C16H18N2O3. The molecule has 0 bridgehead atoms. The van der Waals surface area contributed by atoms with Crippen LogP contribution < -0.4 is 5.73 Å². The molecule has 1 aromatic carbocycles. The largest absolute Gasteiger partial charge is 0.457 e. The van der Waals surface area contributed by atoms with Gasteiger partial charge in [0.15, 0.2) is 6.61 Å². The first kappa shape index (κ1) is 16.4. The normalized spacial score (nSPS) is 12.8. The number of allylic oxidation sites excluding steroid dienone is 1. The Balaban J connectivity index is 2.71. The molecule has 0 aliphatic carbocycles. The summed E-state index contributed by atoms with van der Waals surface area (Å²) in [6.07, 6.45) is 0.563. The van der Waals surface area contributed by atoms with Crippen LogP contribution in [0.4, 0.5) is 0 Å². The second-order valence-electron chi connectivity index (χ2n) is 4.57. The van der Waals surface area contributed by atoms with Crippen molar-refractivity contribution in [2.45, 2.75) is 26.2 Å². The number of ether oxygens (including phenoxy) is 1. The number of hydrogen-bond acceptors (Lipinski definition) is 5. The van der Waals surface area contributed by atoms with Crippen molar-refractivity contribution in [3.63, 3.8) is 0 Å².